The molecule has 0 bridgehead atoms. The number of benzene rings is 1. The van der Waals surface area contributed by atoms with Gasteiger partial charge in [0.1, 0.15) is 6.29 Å². The van der Waals surface area contributed by atoms with Crippen LogP contribution in [0.2, 0.25) is 0 Å². The van der Waals surface area contributed by atoms with E-state index < -0.39 is 11.7 Å². The number of carbonyl (C=O) groups excluding carboxylic acids is 1. The Morgan fingerprint density at radius 3 is 2.47 bits per heavy atom. The van der Waals surface area contributed by atoms with Crippen molar-refractivity contribution in [2.45, 2.75) is 13.1 Å². The molecular weight excluding hydrogens is 255 g/mol. The Morgan fingerprint density at radius 1 is 1.16 bits per heavy atom. The van der Waals surface area contributed by atoms with Crippen molar-refractivity contribution in [2.24, 2.45) is 0 Å². The van der Waals surface area contributed by atoms with Crippen molar-refractivity contribution < 1.29 is 18.0 Å². The Bertz CT molecular complexity index is 620. The molecule has 19 heavy (non-hydrogen) atoms. The van der Waals surface area contributed by atoms with Gasteiger partial charge in [-0.1, -0.05) is 12.1 Å². The third-order valence-electron chi connectivity index (χ3n) is 2.81. The van der Waals surface area contributed by atoms with Crippen LogP contribution in [-0.4, -0.2) is 11.3 Å². The van der Waals surface area contributed by atoms with Gasteiger partial charge in [0, 0.05) is 23.5 Å². The molecule has 0 radical (unpaired) electrons. The van der Waals surface area contributed by atoms with E-state index >= 15 is 0 Å². The molecular formula is C14H10F3NO. The summed E-state index contributed by atoms with van der Waals surface area (Å²) in [6.07, 6.45) is -1.21. The van der Waals surface area contributed by atoms with Crippen LogP contribution in [0.5, 0.6) is 0 Å². The van der Waals surface area contributed by atoms with Crippen LogP contribution >= 0.6 is 0 Å². The summed E-state index contributed by atoms with van der Waals surface area (Å²) < 4.78 is 39.1. The van der Waals surface area contributed by atoms with Crippen molar-refractivity contribution in [1.29, 1.82) is 0 Å². The molecule has 0 amide bonds. The van der Waals surface area contributed by atoms with Gasteiger partial charge < -0.3 is 0 Å². The van der Waals surface area contributed by atoms with Gasteiger partial charge in [-0.15, -0.1) is 0 Å². The monoisotopic (exact) mass is 265 g/mol. The molecule has 0 fully saturated rings. The van der Waals surface area contributed by atoms with E-state index in [1.54, 1.807) is 13.0 Å². The highest BCUT2D eigenvalue weighted by molar-refractivity contribution is 5.79. The maximum absolute atomic E-state index is 13.0. The number of nitrogens with zero attached hydrogens (tertiary/aromatic N) is 1. The molecule has 0 aliphatic heterocycles. The van der Waals surface area contributed by atoms with Gasteiger partial charge in [-0.05, 0) is 30.2 Å². The second-order valence-corrected chi connectivity index (χ2v) is 4.11. The first kappa shape index (κ1) is 13.3. The van der Waals surface area contributed by atoms with Crippen LogP contribution in [0.3, 0.4) is 0 Å². The normalized spacial score (nSPS) is 11.4. The summed E-state index contributed by atoms with van der Waals surface area (Å²) in [4.78, 5) is 14.5. The lowest BCUT2D eigenvalue weighted by atomic mass is 9.96. The molecule has 1 heterocycles. The largest absolute Gasteiger partial charge is 0.417 e. The van der Waals surface area contributed by atoms with Gasteiger partial charge in [0.05, 0.1) is 5.56 Å². The van der Waals surface area contributed by atoms with Crippen molar-refractivity contribution in [3.8, 4) is 11.1 Å². The highest BCUT2D eigenvalue weighted by Crippen LogP contribution is 2.38. The average Bonchev–Trinajstić information content (AvgIpc) is 2.38. The number of carbonyl (C=O) groups is 1. The summed E-state index contributed by atoms with van der Waals surface area (Å²) >= 11 is 0. The third kappa shape index (κ3) is 2.65. The molecule has 0 aliphatic carbocycles. The number of hydrogen-bond donors (Lipinski definition) is 0. The number of alkyl halides is 3. The lowest BCUT2D eigenvalue weighted by Gasteiger charge is -2.14. The van der Waals surface area contributed by atoms with E-state index in [-0.39, 0.29) is 11.1 Å². The molecule has 2 rings (SSSR count). The number of aromatic nitrogens is 1. The molecule has 5 heteroatoms. The fraction of sp³-hybridized carbons (Fsp3) is 0.143. The van der Waals surface area contributed by atoms with Crippen molar-refractivity contribution in [3.63, 3.8) is 0 Å². The Morgan fingerprint density at radius 2 is 1.89 bits per heavy atom. The van der Waals surface area contributed by atoms with Gasteiger partial charge in [0.15, 0.2) is 0 Å². The van der Waals surface area contributed by atoms with Gasteiger partial charge >= 0.3 is 6.18 Å². The molecule has 0 N–H and O–H groups in total. The molecule has 1 aromatic heterocycles. The SMILES string of the molecule is Cc1ccncc1-c1ccc(C=O)cc1C(F)(F)F. The number of halogens is 3. The molecule has 0 unspecified atom stereocenters. The van der Waals surface area contributed by atoms with E-state index in [9.17, 15) is 18.0 Å². The van der Waals surface area contributed by atoms with Crippen LogP contribution in [0.25, 0.3) is 11.1 Å². The zero-order valence-corrected chi connectivity index (χ0v) is 10.0. The molecule has 0 aliphatic rings. The Kier molecular flexibility index (Phi) is 3.38. The predicted octanol–water partition coefficient (Wildman–Crippen LogP) is 3.89. The summed E-state index contributed by atoms with van der Waals surface area (Å²) in [6, 6.07) is 5.17. The van der Waals surface area contributed by atoms with E-state index in [1.165, 1.54) is 24.5 Å². The van der Waals surface area contributed by atoms with Gasteiger partial charge in [0.2, 0.25) is 0 Å². The Labute approximate surface area is 107 Å². The molecule has 0 saturated carbocycles. The Hall–Kier alpha value is -2.17. The number of aryl methyl sites for hydroxylation is 1. The van der Waals surface area contributed by atoms with Crippen molar-refractivity contribution in [2.75, 3.05) is 0 Å². The fourth-order valence-corrected chi connectivity index (χ4v) is 1.85. The lowest BCUT2D eigenvalue weighted by Crippen LogP contribution is -2.08. The third-order valence-corrected chi connectivity index (χ3v) is 2.81. The topological polar surface area (TPSA) is 30.0 Å². The van der Waals surface area contributed by atoms with Gasteiger partial charge in [-0.25, -0.2) is 0 Å². The zero-order chi connectivity index (χ0) is 14.0. The van der Waals surface area contributed by atoms with E-state index in [1.807, 2.05) is 0 Å². The first-order chi connectivity index (χ1) is 8.93. The molecule has 1 aromatic carbocycles. The Balaban J connectivity index is 2.70. The first-order valence-electron chi connectivity index (χ1n) is 5.51. The van der Waals surface area contributed by atoms with Crippen LogP contribution in [0.15, 0.2) is 36.7 Å². The number of rotatable bonds is 2. The highest BCUT2D eigenvalue weighted by atomic mass is 19.4. The summed E-state index contributed by atoms with van der Waals surface area (Å²) in [7, 11) is 0. The smallest absolute Gasteiger partial charge is 0.298 e. The quantitative estimate of drug-likeness (QED) is 0.771. The van der Waals surface area contributed by atoms with Crippen LogP contribution < -0.4 is 0 Å². The first-order valence-corrected chi connectivity index (χ1v) is 5.51. The average molecular weight is 265 g/mol. The van der Waals surface area contributed by atoms with Crippen LogP contribution in [-0.2, 0) is 6.18 Å². The van der Waals surface area contributed by atoms with E-state index in [2.05, 4.69) is 4.98 Å². The molecule has 0 spiro atoms. The predicted molar refractivity (Wildman–Crippen MR) is 64.8 cm³/mol. The van der Waals surface area contributed by atoms with E-state index in [4.69, 9.17) is 0 Å². The number of aldehydes is 1. The molecule has 2 aromatic rings. The van der Waals surface area contributed by atoms with E-state index in [0.29, 0.717) is 17.4 Å². The maximum atomic E-state index is 13.0. The summed E-state index contributed by atoms with van der Waals surface area (Å²) in [5.74, 6) is 0. The fourth-order valence-electron chi connectivity index (χ4n) is 1.85. The zero-order valence-electron chi connectivity index (χ0n) is 10.0. The molecule has 0 atom stereocenters. The second kappa shape index (κ2) is 4.84. The number of pyridine rings is 1. The molecule has 2 nitrogen and oxygen atoms in total. The minimum absolute atomic E-state index is 0.00221. The summed E-state index contributed by atoms with van der Waals surface area (Å²) in [5.41, 5.74) is 0.307. The minimum atomic E-state index is -4.52. The van der Waals surface area contributed by atoms with Gasteiger partial charge in [-0.2, -0.15) is 13.2 Å². The van der Waals surface area contributed by atoms with Crippen LogP contribution in [0.4, 0.5) is 13.2 Å². The van der Waals surface area contributed by atoms with Crippen LogP contribution in [0.1, 0.15) is 21.5 Å². The molecule has 0 saturated heterocycles. The summed E-state index contributed by atoms with van der Waals surface area (Å²) in [5, 5.41) is 0. The highest BCUT2D eigenvalue weighted by Gasteiger charge is 2.34. The van der Waals surface area contributed by atoms with Crippen molar-refractivity contribution in [1.82, 2.24) is 4.98 Å². The number of hydrogen-bond acceptors (Lipinski definition) is 2. The standard InChI is InChI=1S/C14H10F3NO/c1-9-4-5-18-7-12(9)11-3-2-10(8-19)6-13(11)14(15,16)17/h2-8H,1H3. The van der Waals surface area contributed by atoms with Gasteiger partial charge in [-0.3, -0.25) is 9.78 Å². The lowest BCUT2D eigenvalue weighted by molar-refractivity contribution is -0.137. The van der Waals surface area contributed by atoms with Gasteiger partial charge in [0.25, 0.3) is 0 Å². The molecule has 98 valence electrons. The summed E-state index contributed by atoms with van der Waals surface area (Å²) in [6.45, 7) is 1.71. The van der Waals surface area contributed by atoms with E-state index in [0.717, 1.165) is 6.07 Å². The second-order valence-electron chi connectivity index (χ2n) is 4.11. The van der Waals surface area contributed by atoms with Crippen LogP contribution in [0, 0.1) is 6.92 Å². The maximum Gasteiger partial charge on any atom is 0.417 e. The van der Waals surface area contributed by atoms with Crippen molar-refractivity contribution in [3.05, 3.63) is 53.3 Å². The minimum Gasteiger partial charge on any atom is -0.298 e. The van der Waals surface area contributed by atoms with Crippen molar-refractivity contribution >= 4 is 6.29 Å².